The van der Waals surface area contributed by atoms with Crippen molar-refractivity contribution in [1.82, 2.24) is 35.0 Å². The van der Waals surface area contributed by atoms with Gasteiger partial charge in [-0.2, -0.15) is 0 Å². The molecule has 1 aliphatic carbocycles. The Hall–Kier alpha value is -3.20. The molecular weight excluding hydrogens is 358 g/mol. The van der Waals surface area contributed by atoms with E-state index in [4.69, 9.17) is 0 Å². The molecule has 0 aliphatic heterocycles. The van der Waals surface area contributed by atoms with Gasteiger partial charge in [0.05, 0.1) is 5.56 Å². The summed E-state index contributed by atoms with van der Waals surface area (Å²) in [6, 6.07) is 3.72. The highest BCUT2D eigenvalue weighted by atomic mass is 16.3. The van der Waals surface area contributed by atoms with Crippen molar-refractivity contribution < 1.29 is 9.90 Å². The Morgan fingerprint density at radius 2 is 1.93 bits per heavy atom. The molecule has 0 atom stereocenters. The molecule has 9 nitrogen and oxygen atoms in total. The van der Waals surface area contributed by atoms with Crippen molar-refractivity contribution in [2.24, 2.45) is 0 Å². The van der Waals surface area contributed by atoms with Crippen LogP contribution < -0.4 is 5.32 Å². The molecule has 3 aromatic heterocycles. The lowest BCUT2D eigenvalue weighted by atomic mass is 9.79. The van der Waals surface area contributed by atoms with E-state index in [0.717, 1.165) is 24.2 Å². The smallest absolute Gasteiger partial charge is 0.254 e. The van der Waals surface area contributed by atoms with E-state index in [2.05, 4.69) is 30.5 Å². The highest BCUT2D eigenvalue weighted by molar-refractivity contribution is 5.94. The van der Waals surface area contributed by atoms with E-state index < -0.39 is 0 Å². The minimum Gasteiger partial charge on any atom is -0.388 e. The van der Waals surface area contributed by atoms with E-state index in [1.165, 1.54) is 12.4 Å². The SMILES string of the molecule is CCn1c(CO)nnc1C1CC(NC(=O)c2cnc(-c3ccncc3)nc2)C1. The van der Waals surface area contributed by atoms with Gasteiger partial charge in [-0.1, -0.05) is 0 Å². The van der Waals surface area contributed by atoms with Crippen molar-refractivity contribution in [3.8, 4) is 11.4 Å². The van der Waals surface area contributed by atoms with Crippen molar-refractivity contribution >= 4 is 5.91 Å². The van der Waals surface area contributed by atoms with Crippen molar-refractivity contribution in [2.75, 3.05) is 0 Å². The maximum absolute atomic E-state index is 12.4. The normalized spacial score (nSPS) is 18.5. The van der Waals surface area contributed by atoms with Crippen LogP contribution >= 0.6 is 0 Å². The Morgan fingerprint density at radius 1 is 1.21 bits per heavy atom. The first-order chi connectivity index (χ1) is 13.7. The number of aliphatic hydroxyl groups excluding tert-OH is 1. The van der Waals surface area contributed by atoms with Gasteiger partial charge in [0.1, 0.15) is 12.4 Å². The summed E-state index contributed by atoms with van der Waals surface area (Å²) in [4.78, 5) is 25.0. The molecule has 0 bridgehead atoms. The fourth-order valence-electron chi connectivity index (χ4n) is 3.42. The van der Waals surface area contributed by atoms with Crippen molar-refractivity contribution in [3.63, 3.8) is 0 Å². The van der Waals surface area contributed by atoms with Crippen LogP contribution in [0.2, 0.25) is 0 Å². The fourth-order valence-corrected chi connectivity index (χ4v) is 3.42. The van der Waals surface area contributed by atoms with Crippen LogP contribution in [0.15, 0.2) is 36.9 Å². The lowest BCUT2D eigenvalue weighted by Crippen LogP contribution is -2.44. The fraction of sp³-hybridized carbons (Fsp3) is 0.368. The number of carbonyl (C=O) groups is 1. The van der Waals surface area contributed by atoms with Crippen LogP contribution in [0.25, 0.3) is 11.4 Å². The van der Waals surface area contributed by atoms with Gasteiger partial charge in [0.15, 0.2) is 11.6 Å². The number of aliphatic hydroxyl groups is 1. The van der Waals surface area contributed by atoms with Crippen LogP contribution in [-0.2, 0) is 13.2 Å². The summed E-state index contributed by atoms with van der Waals surface area (Å²) in [6.45, 7) is 2.59. The van der Waals surface area contributed by atoms with Crippen LogP contribution in [0.1, 0.15) is 47.7 Å². The highest BCUT2D eigenvalue weighted by Gasteiger charge is 2.35. The third-order valence-corrected chi connectivity index (χ3v) is 5.00. The van der Waals surface area contributed by atoms with E-state index in [0.29, 0.717) is 23.8 Å². The lowest BCUT2D eigenvalue weighted by Gasteiger charge is -2.35. The van der Waals surface area contributed by atoms with Gasteiger partial charge >= 0.3 is 0 Å². The molecule has 1 fully saturated rings. The van der Waals surface area contributed by atoms with E-state index in [1.807, 2.05) is 23.6 Å². The van der Waals surface area contributed by atoms with Gasteiger partial charge in [0, 0.05) is 48.9 Å². The van der Waals surface area contributed by atoms with Crippen LogP contribution in [0.4, 0.5) is 0 Å². The zero-order valence-corrected chi connectivity index (χ0v) is 15.5. The second kappa shape index (κ2) is 7.81. The molecule has 1 amide bonds. The third kappa shape index (κ3) is 3.48. The largest absolute Gasteiger partial charge is 0.388 e. The van der Waals surface area contributed by atoms with Crippen molar-refractivity contribution in [2.45, 2.75) is 44.9 Å². The van der Waals surface area contributed by atoms with Gasteiger partial charge in [0.25, 0.3) is 5.91 Å². The van der Waals surface area contributed by atoms with Gasteiger partial charge in [-0.15, -0.1) is 10.2 Å². The maximum Gasteiger partial charge on any atom is 0.254 e. The molecule has 0 radical (unpaired) electrons. The molecule has 3 heterocycles. The van der Waals surface area contributed by atoms with Gasteiger partial charge in [-0.3, -0.25) is 9.78 Å². The summed E-state index contributed by atoms with van der Waals surface area (Å²) in [6.07, 6.45) is 8.02. The molecule has 0 spiro atoms. The molecule has 3 aromatic rings. The first-order valence-corrected chi connectivity index (χ1v) is 9.25. The molecule has 1 saturated carbocycles. The first kappa shape index (κ1) is 18.2. The topological polar surface area (TPSA) is 119 Å². The number of amides is 1. The van der Waals surface area contributed by atoms with Crippen LogP contribution in [-0.4, -0.2) is 46.8 Å². The van der Waals surface area contributed by atoms with Gasteiger partial charge < -0.3 is 15.0 Å². The molecule has 144 valence electrons. The third-order valence-electron chi connectivity index (χ3n) is 5.00. The molecular formula is C19H21N7O2. The zero-order chi connectivity index (χ0) is 19.5. The Bertz CT molecular complexity index is 950. The summed E-state index contributed by atoms with van der Waals surface area (Å²) < 4.78 is 1.94. The average molecular weight is 379 g/mol. The Balaban J connectivity index is 1.35. The minimum atomic E-state index is -0.183. The standard InChI is InChI=1S/C19H21N7O2/c1-2-26-16(11-27)24-25-18(26)13-7-15(8-13)23-19(28)14-9-21-17(22-10-14)12-3-5-20-6-4-12/h3-6,9-10,13,15,27H,2,7-8,11H2,1H3,(H,23,28). The lowest BCUT2D eigenvalue weighted by molar-refractivity contribution is 0.0906. The Kier molecular flexibility index (Phi) is 5.07. The summed E-state index contributed by atoms with van der Waals surface area (Å²) in [5.41, 5.74) is 1.28. The average Bonchev–Trinajstić information content (AvgIpc) is 3.13. The van der Waals surface area contributed by atoms with Gasteiger partial charge in [-0.25, -0.2) is 9.97 Å². The van der Waals surface area contributed by atoms with E-state index >= 15 is 0 Å². The summed E-state index contributed by atoms with van der Waals surface area (Å²) in [5.74, 6) is 2.07. The molecule has 28 heavy (non-hydrogen) atoms. The highest BCUT2D eigenvalue weighted by Crippen LogP contribution is 2.36. The number of hydrogen-bond donors (Lipinski definition) is 2. The van der Waals surface area contributed by atoms with Gasteiger partial charge in [-0.05, 0) is 31.9 Å². The van der Waals surface area contributed by atoms with Crippen LogP contribution in [0, 0.1) is 0 Å². The van der Waals surface area contributed by atoms with Crippen LogP contribution in [0.3, 0.4) is 0 Å². The van der Waals surface area contributed by atoms with E-state index in [9.17, 15) is 9.90 Å². The van der Waals surface area contributed by atoms with E-state index in [1.54, 1.807) is 12.4 Å². The molecule has 4 rings (SSSR count). The molecule has 2 N–H and O–H groups in total. The molecule has 1 aliphatic rings. The quantitative estimate of drug-likeness (QED) is 0.663. The van der Waals surface area contributed by atoms with E-state index in [-0.39, 0.29) is 24.5 Å². The summed E-state index contributed by atoms with van der Waals surface area (Å²) in [7, 11) is 0. The molecule has 0 saturated heterocycles. The number of nitrogens with zero attached hydrogens (tertiary/aromatic N) is 6. The number of hydrogen-bond acceptors (Lipinski definition) is 7. The van der Waals surface area contributed by atoms with Crippen LogP contribution in [0.5, 0.6) is 0 Å². The molecule has 9 heteroatoms. The predicted octanol–water partition coefficient (Wildman–Crippen LogP) is 1.32. The number of pyridine rings is 1. The molecule has 0 unspecified atom stereocenters. The molecule has 0 aromatic carbocycles. The number of nitrogens with one attached hydrogen (secondary N) is 1. The number of carbonyl (C=O) groups excluding carboxylic acids is 1. The monoisotopic (exact) mass is 379 g/mol. The van der Waals surface area contributed by atoms with Crippen molar-refractivity contribution in [1.29, 1.82) is 0 Å². The summed E-state index contributed by atoms with van der Waals surface area (Å²) >= 11 is 0. The second-order valence-corrected chi connectivity index (χ2v) is 6.75. The number of aromatic nitrogens is 6. The minimum absolute atomic E-state index is 0.0805. The summed E-state index contributed by atoms with van der Waals surface area (Å²) in [5, 5.41) is 20.6. The van der Waals surface area contributed by atoms with Crippen molar-refractivity contribution in [3.05, 3.63) is 54.1 Å². The Morgan fingerprint density at radius 3 is 2.57 bits per heavy atom. The Labute approximate surface area is 161 Å². The maximum atomic E-state index is 12.4. The van der Waals surface area contributed by atoms with Gasteiger partial charge in [0.2, 0.25) is 0 Å². The zero-order valence-electron chi connectivity index (χ0n) is 15.5. The predicted molar refractivity (Wildman–Crippen MR) is 100 cm³/mol. The first-order valence-electron chi connectivity index (χ1n) is 9.25. The second-order valence-electron chi connectivity index (χ2n) is 6.75. The number of rotatable bonds is 6.